The summed E-state index contributed by atoms with van der Waals surface area (Å²) in [5, 5.41) is 15.3. The molecule has 158 valence electrons. The number of pyridine rings is 1. The molecule has 1 amide bonds. The SMILES string of the molecule is Cc1noc(-c2ccn3c(CNC(=O)C(c4ccccc4)c4ccccc4)nnc3c2)n1. The first-order chi connectivity index (χ1) is 15.7. The Balaban J connectivity index is 1.37. The monoisotopic (exact) mass is 424 g/mol. The summed E-state index contributed by atoms with van der Waals surface area (Å²) in [6, 6.07) is 23.2. The summed E-state index contributed by atoms with van der Waals surface area (Å²) in [6.07, 6.45) is 1.83. The fraction of sp³-hybridized carbons (Fsp3) is 0.125. The quantitative estimate of drug-likeness (QED) is 0.448. The number of nitrogens with one attached hydrogen (secondary N) is 1. The third-order valence-electron chi connectivity index (χ3n) is 5.20. The lowest BCUT2D eigenvalue weighted by Crippen LogP contribution is -2.30. The van der Waals surface area contributed by atoms with Crippen molar-refractivity contribution in [3.63, 3.8) is 0 Å². The van der Waals surface area contributed by atoms with E-state index in [-0.39, 0.29) is 12.5 Å². The van der Waals surface area contributed by atoms with Gasteiger partial charge in [-0.1, -0.05) is 65.8 Å². The molecule has 3 aromatic heterocycles. The third kappa shape index (κ3) is 3.85. The van der Waals surface area contributed by atoms with Crippen LogP contribution in [0.2, 0.25) is 0 Å². The van der Waals surface area contributed by atoms with Gasteiger partial charge in [0.15, 0.2) is 17.3 Å². The smallest absolute Gasteiger partial charge is 0.258 e. The Morgan fingerprint density at radius 2 is 1.69 bits per heavy atom. The van der Waals surface area contributed by atoms with Crippen molar-refractivity contribution >= 4 is 11.6 Å². The van der Waals surface area contributed by atoms with Crippen molar-refractivity contribution in [2.75, 3.05) is 0 Å². The van der Waals surface area contributed by atoms with Gasteiger partial charge in [0.1, 0.15) is 0 Å². The van der Waals surface area contributed by atoms with E-state index in [9.17, 15) is 4.79 Å². The van der Waals surface area contributed by atoms with Crippen LogP contribution in [-0.4, -0.2) is 30.6 Å². The highest BCUT2D eigenvalue weighted by atomic mass is 16.5. The molecule has 0 aliphatic carbocycles. The average Bonchev–Trinajstić information content (AvgIpc) is 3.45. The van der Waals surface area contributed by atoms with Crippen LogP contribution in [0.1, 0.15) is 28.7 Å². The van der Waals surface area contributed by atoms with E-state index in [1.165, 1.54) is 0 Å². The maximum absolute atomic E-state index is 13.2. The van der Waals surface area contributed by atoms with Gasteiger partial charge in [-0.15, -0.1) is 10.2 Å². The molecule has 0 spiro atoms. The van der Waals surface area contributed by atoms with Crippen LogP contribution < -0.4 is 5.32 Å². The van der Waals surface area contributed by atoms with Gasteiger partial charge in [0, 0.05) is 11.8 Å². The van der Waals surface area contributed by atoms with Crippen LogP contribution in [-0.2, 0) is 11.3 Å². The van der Waals surface area contributed by atoms with Crippen LogP contribution in [0.25, 0.3) is 17.1 Å². The fourth-order valence-corrected chi connectivity index (χ4v) is 3.66. The Labute approximate surface area is 183 Å². The van der Waals surface area contributed by atoms with Crippen LogP contribution in [0.4, 0.5) is 0 Å². The summed E-state index contributed by atoms with van der Waals surface area (Å²) in [7, 11) is 0. The molecule has 0 fully saturated rings. The fourth-order valence-electron chi connectivity index (χ4n) is 3.66. The van der Waals surface area contributed by atoms with Gasteiger partial charge in [-0.2, -0.15) is 4.98 Å². The molecule has 0 bridgehead atoms. The number of aryl methyl sites for hydroxylation is 1. The van der Waals surface area contributed by atoms with E-state index in [2.05, 4.69) is 25.7 Å². The first-order valence-corrected chi connectivity index (χ1v) is 10.2. The highest BCUT2D eigenvalue weighted by molar-refractivity contribution is 5.87. The molecule has 1 N–H and O–H groups in total. The number of hydrogen-bond acceptors (Lipinski definition) is 6. The van der Waals surface area contributed by atoms with Crippen molar-refractivity contribution in [3.8, 4) is 11.5 Å². The van der Waals surface area contributed by atoms with Gasteiger partial charge in [-0.3, -0.25) is 9.20 Å². The maximum atomic E-state index is 13.2. The molecule has 8 heteroatoms. The van der Waals surface area contributed by atoms with Gasteiger partial charge in [-0.25, -0.2) is 0 Å². The molecule has 0 aliphatic heterocycles. The Morgan fingerprint density at radius 3 is 2.31 bits per heavy atom. The maximum Gasteiger partial charge on any atom is 0.258 e. The number of nitrogens with zero attached hydrogens (tertiary/aromatic N) is 5. The summed E-state index contributed by atoms with van der Waals surface area (Å²) in [6.45, 7) is 2.01. The Bertz CT molecular complexity index is 1320. The number of carbonyl (C=O) groups is 1. The highest BCUT2D eigenvalue weighted by Gasteiger charge is 2.23. The van der Waals surface area contributed by atoms with Gasteiger partial charge in [0.2, 0.25) is 5.91 Å². The number of amides is 1. The van der Waals surface area contributed by atoms with Gasteiger partial charge in [-0.05, 0) is 30.2 Å². The number of rotatable bonds is 6. The highest BCUT2D eigenvalue weighted by Crippen LogP contribution is 2.25. The minimum absolute atomic E-state index is 0.0999. The van der Waals surface area contributed by atoms with Crippen molar-refractivity contribution in [1.29, 1.82) is 0 Å². The molecule has 0 atom stereocenters. The first kappa shape index (κ1) is 19.6. The van der Waals surface area contributed by atoms with Crippen LogP contribution in [0, 0.1) is 6.92 Å². The molecule has 5 rings (SSSR count). The molecule has 3 heterocycles. The summed E-state index contributed by atoms with van der Waals surface area (Å²) in [5.41, 5.74) is 3.25. The zero-order valence-corrected chi connectivity index (χ0v) is 17.3. The lowest BCUT2D eigenvalue weighted by Gasteiger charge is -2.17. The zero-order valence-electron chi connectivity index (χ0n) is 17.3. The second-order valence-electron chi connectivity index (χ2n) is 7.38. The van der Waals surface area contributed by atoms with E-state index in [1.807, 2.05) is 83.4 Å². The van der Waals surface area contributed by atoms with E-state index < -0.39 is 5.92 Å². The zero-order chi connectivity index (χ0) is 21.9. The molecule has 0 saturated heterocycles. The van der Waals surface area contributed by atoms with Crippen LogP contribution in [0.15, 0.2) is 83.5 Å². The standard InChI is InChI=1S/C24H20N6O2/c1-16-26-24(32-29-16)19-12-13-30-20(14-19)27-28-21(30)15-25-23(31)22(17-8-4-2-5-9-17)18-10-6-3-7-11-18/h2-14,22H,15H2,1H3,(H,25,31). The molecule has 32 heavy (non-hydrogen) atoms. The second kappa shape index (κ2) is 8.43. The van der Waals surface area contributed by atoms with Gasteiger partial charge >= 0.3 is 0 Å². The van der Waals surface area contributed by atoms with Gasteiger partial charge in [0.05, 0.1) is 12.5 Å². The molecular weight excluding hydrogens is 404 g/mol. The predicted molar refractivity (Wildman–Crippen MR) is 118 cm³/mol. The van der Waals surface area contributed by atoms with Crippen LogP contribution in [0.5, 0.6) is 0 Å². The molecule has 8 nitrogen and oxygen atoms in total. The van der Waals surface area contributed by atoms with Crippen molar-refractivity contribution in [2.45, 2.75) is 19.4 Å². The topological polar surface area (TPSA) is 98.2 Å². The van der Waals surface area contributed by atoms with Crippen molar-refractivity contribution in [3.05, 3.63) is 102 Å². The number of hydrogen-bond donors (Lipinski definition) is 1. The summed E-state index contributed by atoms with van der Waals surface area (Å²) >= 11 is 0. The van der Waals surface area contributed by atoms with E-state index in [0.717, 1.165) is 16.7 Å². The first-order valence-electron chi connectivity index (χ1n) is 10.2. The van der Waals surface area contributed by atoms with Crippen molar-refractivity contribution in [2.24, 2.45) is 0 Å². The van der Waals surface area contributed by atoms with Crippen LogP contribution in [0.3, 0.4) is 0 Å². The number of benzene rings is 2. The minimum Gasteiger partial charge on any atom is -0.348 e. The molecule has 0 unspecified atom stereocenters. The molecule has 5 aromatic rings. The predicted octanol–water partition coefficient (Wildman–Crippen LogP) is 3.54. The van der Waals surface area contributed by atoms with E-state index in [1.54, 1.807) is 6.92 Å². The van der Waals surface area contributed by atoms with Gasteiger partial charge < -0.3 is 9.84 Å². The van der Waals surface area contributed by atoms with Gasteiger partial charge in [0.25, 0.3) is 5.89 Å². The molecule has 2 aromatic carbocycles. The number of aromatic nitrogens is 5. The van der Waals surface area contributed by atoms with E-state index in [4.69, 9.17) is 4.52 Å². The Morgan fingerprint density at radius 1 is 1.00 bits per heavy atom. The number of carbonyl (C=O) groups excluding carboxylic acids is 1. The lowest BCUT2D eigenvalue weighted by molar-refractivity contribution is -0.121. The Kier molecular flexibility index (Phi) is 5.17. The van der Waals surface area contributed by atoms with E-state index in [0.29, 0.717) is 23.2 Å². The average molecular weight is 424 g/mol. The summed E-state index contributed by atoms with van der Waals surface area (Å²) in [4.78, 5) is 17.5. The molecule has 0 aliphatic rings. The number of fused-ring (bicyclic) bond motifs is 1. The molecular formula is C24H20N6O2. The molecule has 0 saturated carbocycles. The minimum atomic E-state index is -0.413. The molecule has 0 radical (unpaired) electrons. The normalized spacial score (nSPS) is 11.2. The lowest BCUT2D eigenvalue weighted by atomic mass is 9.90. The van der Waals surface area contributed by atoms with E-state index >= 15 is 0 Å². The second-order valence-corrected chi connectivity index (χ2v) is 7.38. The van der Waals surface area contributed by atoms with Crippen molar-refractivity contribution in [1.82, 2.24) is 30.1 Å². The third-order valence-corrected chi connectivity index (χ3v) is 5.20. The summed E-state index contributed by atoms with van der Waals surface area (Å²) < 4.78 is 7.05. The van der Waals surface area contributed by atoms with Crippen molar-refractivity contribution < 1.29 is 9.32 Å². The largest absolute Gasteiger partial charge is 0.348 e. The Hall–Kier alpha value is -4.33. The summed E-state index contributed by atoms with van der Waals surface area (Å²) in [5.74, 6) is 1.11. The van der Waals surface area contributed by atoms with Crippen LogP contribution >= 0.6 is 0 Å².